The summed E-state index contributed by atoms with van der Waals surface area (Å²) in [4.78, 5) is 22.4. The van der Waals surface area contributed by atoms with Crippen molar-refractivity contribution in [3.8, 4) is 5.75 Å². The van der Waals surface area contributed by atoms with Gasteiger partial charge in [-0.15, -0.1) is 0 Å². The second-order valence-electron chi connectivity index (χ2n) is 9.51. The van der Waals surface area contributed by atoms with Crippen LogP contribution in [0.1, 0.15) is 37.9 Å². The standard InChI is InChI=1S/C24H33FN4O3/c25-20-11-19(32-15-17-3-7-29(8-4-17)18-13-26-14-18)12-21-23(20)24(30)28-22(27-21)2-1-16-5-9-31-10-6-16/h11-12,16-18,26H,1-10,13-15H2,(H,27,28,30). The highest BCUT2D eigenvalue weighted by atomic mass is 19.1. The lowest BCUT2D eigenvalue weighted by molar-refractivity contribution is 0.0638. The quantitative estimate of drug-likeness (QED) is 0.683. The van der Waals surface area contributed by atoms with Crippen molar-refractivity contribution in [1.82, 2.24) is 20.2 Å². The Morgan fingerprint density at radius 2 is 1.91 bits per heavy atom. The molecule has 0 radical (unpaired) electrons. The lowest BCUT2D eigenvalue weighted by Gasteiger charge is -2.42. The van der Waals surface area contributed by atoms with E-state index in [1.807, 2.05) is 0 Å². The van der Waals surface area contributed by atoms with E-state index in [-0.39, 0.29) is 5.39 Å². The van der Waals surface area contributed by atoms with E-state index in [2.05, 4.69) is 20.2 Å². The maximum Gasteiger partial charge on any atom is 0.261 e. The van der Waals surface area contributed by atoms with Crippen LogP contribution in [0.3, 0.4) is 0 Å². The molecular weight excluding hydrogens is 411 g/mol. The SMILES string of the molecule is O=c1[nH]c(CCC2CCOCC2)nc2cc(OCC3CCN(C4CNC4)CC3)cc(F)c12. The van der Waals surface area contributed by atoms with Crippen LogP contribution in [-0.2, 0) is 11.2 Å². The van der Waals surface area contributed by atoms with Crippen molar-refractivity contribution in [1.29, 1.82) is 0 Å². The number of aromatic amines is 1. The van der Waals surface area contributed by atoms with E-state index in [4.69, 9.17) is 9.47 Å². The van der Waals surface area contributed by atoms with Crippen molar-refractivity contribution in [3.05, 3.63) is 34.1 Å². The molecule has 0 unspecified atom stereocenters. The fourth-order valence-corrected chi connectivity index (χ4v) is 5.06. The van der Waals surface area contributed by atoms with E-state index < -0.39 is 11.4 Å². The largest absolute Gasteiger partial charge is 0.493 e. The highest BCUT2D eigenvalue weighted by Gasteiger charge is 2.28. The topological polar surface area (TPSA) is 79.5 Å². The number of piperidine rings is 1. The first-order valence-corrected chi connectivity index (χ1v) is 12.0. The molecule has 5 rings (SSSR count). The molecule has 2 aromatic rings. The third-order valence-corrected chi connectivity index (χ3v) is 7.32. The second kappa shape index (κ2) is 9.85. The number of aryl methyl sites for hydroxylation is 1. The molecule has 0 saturated carbocycles. The first-order valence-electron chi connectivity index (χ1n) is 12.0. The number of aromatic nitrogens is 2. The van der Waals surface area contributed by atoms with Crippen LogP contribution in [0.5, 0.6) is 5.75 Å². The van der Waals surface area contributed by atoms with Gasteiger partial charge in [0.15, 0.2) is 0 Å². The van der Waals surface area contributed by atoms with E-state index in [0.29, 0.717) is 48.0 Å². The number of H-pyrrole nitrogens is 1. The number of nitrogens with zero attached hydrogens (tertiary/aromatic N) is 2. The van der Waals surface area contributed by atoms with E-state index in [0.717, 1.165) is 71.5 Å². The zero-order chi connectivity index (χ0) is 21.9. The molecule has 3 saturated heterocycles. The molecular formula is C24H33FN4O3. The molecule has 3 aliphatic rings. The molecule has 0 atom stereocenters. The summed E-state index contributed by atoms with van der Waals surface area (Å²) >= 11 is 0. The molecule has 0 aliphatic carbocycles. The normalized spacial score (nSPS) is 21.7. The predicted molar refractivity (Wildman–Crippen MR) is 121 cm³/mol. The molecule has 3 aliphatic heterocycles. The highest BCUT2D eigenvalue weighted by Crippen LogP contribution is 2.25. The number of halogens is 1. The Bertz CT molecular complexity index is 979. The Balaban J connectivity index is 1.22. The van der Waals surface area contributed by atoms with Gasteiger partial charge in [0.05, 0.1) is 12.1 Å². The average molecular weight is 445 g/mol. The van der Waals surface area contributed by atoms with E-state index >= 15 is 0 Å². The Hall–Kier alpha value is -2.03. The number of likely N-dealkylation sites (tertiary alicyclic amines) is 1. The number of hydrogen-bond acceptors (Lipinski definition) is 6. The summed E-state index contributed by atoms with van der Waals surface area (Å²) < 4.78 is 26.1. The first kappa shape index (κ1) is 21.8. The van der Waals surface area contributed by atoms with Gasteiger partial charge in [0.2, 0.25) is 0 Å². The van der Waals surface area contributed by atoms with E-state index in [9.17, 15) is 9.18 Å². The number of ether oxygens (including phenoxy) is 2. The minimum atomic E-state index is -0.575. The summed E-state index contributed by atoms with van der Waals surface area (Å²) in [5.41, 5.74) is -0.0445. The molecule has 32 heavy (non-hydrogen) atoms. The van der Waals surface area contributed by atoms with Crippen molar-refractivity contribution in [2.24, 2.45) is 11.8 Å². The zero-order valence-corrected chi connectivity index (χ0v) is 18.6. The van der Waals surface area contributed by atoms with Crippen molar-refractivity contribution < 1.29 is 13.9 Å². The molecule has 7 nitrogen and oxygen atoms in total. The van der Waals surface area contributed by atoms with Gasteiger partial charge in [-0.3, -0.25) is 9.69 Å². The van der Waals surface area contributed by atoms with Crippen LogP contribution in [0, 0.1) is 17.7 Å². The van der Waals surface area contributed by atoms with Gasteiger partial charge in [0, 0.05) is 50.9 Å². The van der Waals surface area contributed by atoms with Gasteiger partial charge in [0.25, 0.3) is 5.56 Å². The second-order valence-corrected chi connectivity index (χ2v) is 9.51. The average Bonchev–Trinajstić information content (AvgIpc) is 2.76. The van der Waals surface area contributed by atoms with Crippen molar-refractivity contribution in [3.63, 3.8) is 0 Å². The van der Waals surface area contributed by atoms with Crippen molar-refractivity contribution >= 4 is 10.9 Å². The number of nitrogens with one attached hydrogen (secondary N) is 2. The molecule has 0 bridgehead atoms. The summed E-state index contributed by atoms with van der Waals surface area (Å²) in [5.74, 6) is 1.55. The zero-order valence-electron chi connectivity index (χ0n) is 18.6. The lowest BCUT2D eigenvalue weighted by Crippen LogP contribution is -2.58. The highest BCUT2D eigenvalue weighted by molar-refractivity contribution is 5.79. The molecule has 4 heterocycles. The maximum absolute atomic E-state index is 14.7. The fraction of sp³-hybridized carbons (Fsp3) is 0.667. The van der Waals surface area contributed by atoms with Gasteiger partial charge in [-0.25, -0.2) is 9.37 Å². The van der Waals surface area contributed by atoms with Crippen LogP contribution in [0.2, 0.25) is 0 Å². The van der Waals surface area contributed by atoms with Gasteiger partial charge in [0.1, 0.15) is 22.8 Å². The summed E-state index contributed by atoms with van der Waals surface area (Å²) in [5, 5.41) is 3.34. The summed E-state index contributed by atoms with van der Waals surface area (Å²) in [6, 6.07) is 3.72. The van der Waals surface area contributed by atoms with Gasteiger partial charge in [-0.05, 0) is 57.0 Å². The van der Waals surface area contributed by atoms with Crippen LogP contribution in [0.15, 0.2) is 16.9 Å². The minimum Gasteiger partial charge on any atom is -0.493 e. The summed E-state index contributed by atoms with van der Waals surface area (Å²) in [7, 11) is 0. The molecule has 0 spiro atoms. The van der Waals surface area contributed by atoms with Crippen molar-refractivity contribution in [2.75, 3.05) is 46.0 Å². The monoisotopic (exact) mass is 444 g/mol. The Morgan fingerprint density at radius 1 is 1.12 bits per heavy atom. The molecule has 1 aromatic heterocycles. The van der Waals surface area contributed by atoms with Gasteiger partial charge < -0.3 is 19.8 Å². The van der Waals surface area contributed by atoms with Crippen LogP contribution < -0.4 is 15.6 Å². The van der Waals surface area contributed by atoms with E-state index in [1.165, 1.54) is 6.07 Å². The Labute approximate surface area is 187 Å². The smallest absolute Gasteiger partial charge is 0.261 e. The molecule has 8 heteroatoms. The third kappa shape index (κ3) is 4.97. The molecule has 1 aromatic carbocycles. The minimum absolute atomic E-state index is 0.00887. The number of benzene rings is 1. The van der Waals surface area contributed by atoms with Crippen LogP contribution in [0.25, 0.3) is 10.9 Å². The number of hydrogen-bond donors (Lipinski definition) is 2. The van der Waals surface area contributed by atoms with Gasteiger partial charge in [-0.1, -0.05) is 0 Å². The van der Waals surface area contributed by atoms with Gasteiger partial charge >= 0.3 is 0 Å². The first-order chi connectivity index (χ1) is 15.7. The Morgan fingerprint density at radius 3 is 2.62 bits per heavy atom. The molecule has 0 amide bonds. The fourth-order valence-electron chi connectivity index (χ4n) is 5.06. The number of rotatable bonds is 7. The summed E-state index contributed by atoms with van der Waals surface area (Å²) in [6.45, 7) is 6.56. The van der Waals surface area contributed by atoms with Crippen LogP contribution in [-0.4, -0.2) is 66.9 Å². The summed E-state index contributed by atoms with van der Waals surface area (Å²) in [6.07, 6.45) is 5.91. The number of fused-ring (bicyclic) bond motifs is 1. The predicted octanol–water partition coefficient (Wildman–Crippen LogP) is 2.48. The van der Waals surface area contributed by atoms with Crippen molar-refractivity contribution in [2.45, 2.75) is 44.6 Å². The molecule has 3 fully saturated rings. The van der Waals surface area contributed by atoms with E-state index in [1.54, 1.807) is 6.07 Å². The third-order valence-electron chi connectivity index (χ3n) is 7.32. The Kier molecular flexibility index (Phi) is 6.71. The lowest BCUT2D eigenvalue weighted by atomic mass is 9.95. The maximum atomic E-state index is 14.7. The molecule has 174 valence electrons. The van der Waals surface area contributed by atoms with Gasteiger partial charge in [-0.2, -0.15) is 0 Å². The van der Waals surface area contributed by atoms with Crippen LogP contribution in [0.4, 0.5) is 4.39 Å². The van der Waals surface area contributed by atoms with Crippen LogP contribution >= 0.6 is 0 Å². The molecule has 2 N–H and O–H groups in total.